The van der Waals surface area contributed by atoms with Crippen LogP contribution in [-0.4, -0.2) is 39.8 Å². The molecule has 152 valence electrons. The maximum Gasteiger partial charge on any atom is 0.257 e. The summed E-state index contributed by atoms with van der Waals surface area (Å²) in [4.78, 5) is 45.7. The first-order valence-electron chi connectivity index (χ1n) is 9.82. The van der Waals surface area contributed by atoms with E-state index in [4.69, 9.17) is 0 Å². The molecule has 1 aromatic heterocycles. The number of nitrogens with one attached hydrogen (secondary N) is 1. The van der Waals surface area contributed by atoms with Gasteiger partial charge in [-0.25, -0.2) is 4.98 Å². The third kappa shape index (κ3) is 3.53. The number of anilines is 1. The van der Waals surface area contributed by atoms with Crippen LogP contribution in [0.1, 0.15) is 53.7 Å². The Morgan fingerprint density at radius 1 is 1.31 bits per heavy atom. The lowest BCUT2D eigenvalue weighted by Gasteiger charge is -2.48. The summed E-state index contributed by atoms with van der Waals surface area (Å²) in [7, 11) is 0. The molecule has 2 aliphatic rings. The second kappa shape index (κ2) is 7.59. The molecule has 0 radical (unpaired) electrons. The molecule has 0 bridgehead atoms. The van der Waals surface area contributed by atoms with E-state index in [1.807, 2.05) is 37.4 Å². The summed E-state index contributed by atoms with van der Waals surface area (Å²) in [6.07, 6.45) is 1.87. The zero-order valence-electron chi connectivity index (χ0n) is 16.6. The smallest absolute Gasteiger partial charge is 0.257 e. The highest BCUT2D eigenvalue weighted by Gasteiger charge is 2.52. The Labute approximate surface area is 173 Å². The number of hydrogen-bond acceptors (Lipinski definition) is 5. The van der Waals surface area contributed by atoms with Gasteiger partial charge in [0.05, 0.1) is 17.8 Å². The van der Waals surface area contributed by atoms with Crippen LogP contribution in [0.5, 0.6) is 0 Å². The van der Waals surface area contributed by atoms with E-state index in [0.717, 1.165) is 10.7 Å². The maximum absolute atomic E-state index is 13.1. The molecule has 0 saturated carbocycles. The molecule has 7 nitrogen and oxygen atoms in total. The molecule has 3 amide bonds. The van der Waals surface area contributed by atoms with Crippen LogP contribution < -0.4 is 10.2 Å². The molecular weight excluding hydrogens is 388 g/mol. The summed E-state index contributed by atoms with van der Waals surface area (Å²) in [5, 5.41) is 5.72. The molecule has 3 heterocycles. The first-order chi connectivity index (χ1) is 13.9. The van der Waals surface area contributed by atoms with Crippen LogP contribution in [-0.2, 0) is 16.1 Å². The minimum absolute atomic E-state index is 0.0361. The lowest BCUT2D eigenvalue weighted by molar-refractivity contribution is -0.121. The second-order valence-corrected chi connectivity index (χ2v) is 8.63. The van der Waals surface area contributed by atoms with Crippen molar-refractivity contribution in [1.82, 2.24) is 15.2 Å². The highest BCUT2D eigenvalue weighted by atomic mass is 32.1. The highest BCUT2D eigenvalue weighted by molar-refractivity contribution is 7.09. The quantitative estimate of drug-likeness (QED) is 0.791. The van der Waals surface area contributed by atoms with Crippen molar-refractivity contribution in [2.24, 2.45) is 0 Å². The van der Waals surface area contributed by atoms with Gasteiger partial charge in [-0.2, -0.15) is 0 Å². The Kier molecular flexibility index (Phi) is 5.12. The van der Waals surface area contributed by atoms with Gasteiger partial charge in [-0.3, -0.25) is 19.3 Å². The first kappa shape index (κ1) is 19.6. The number of carbonyl (C=O) groups excluding carboxylic acids is 3. The molecule has 0 spiro atoms. The number of aryl methyl sites for hydroxylation is 1. The minimum atomic E-state index is -0.669. The van der Waals surface area contributed by atoms with Crippen molar-refractivity contribution in [1.29, 1.82) is 0 Å². The number of para-hydroxylation sites is 1. The van der Waals surface area contributed by atoms with E-state index in [1.54, 1.807) is 15.9 Å². The fourth-order valence-corrected chi connectivity index (χ4v) is 4.90. The number of carbonyl (C=O) groups is 3. The van der Waals surface area contributed by atoms with Crippen LogP contribution in [0.3, 0.4) is 0 Å². The lowest BCUT2D eigenvalue weighted by Crippen LogP contribution is -2.62. The van der Waals surface area contributed by atoms with Crippen molar-refractivity contribution in [3.8, 4) is 0 Å². The lowest BCUT2D eigenvalue weighted by atomic mass is 9.98. The van der Waals surface area contributed by atoms with Gasteiger partial charge in [0.2, 0.25) is 11.8 Å². The van der Waals surface area contributed by atoms with Gasteiger partial charge in [0.25, 0.3) is 5.91 Å². The van der Waals surface area contributed by atoms with Gasteiger partial charge in [-0.15, -0.1) is 11.3 Å². The largest absolute Gasteiger partial charge is 0.350 e. The number of hydrogen-bond donors (Lipinski definition) is 1. The van der Waals surface area contributed by atoms with E-state index < -0.39 is 5.66 Å². The molecule has 2 aliphatic heterocycles. The molecule has 1 fully saturated rings. The third-order valence-corrected chi connectivity index (χ3v) is 6.60. The van der Waals surface area contributed by atoms with Gasteiger partial charge >= 0.3 is 0 Å². The summed E-state index contributed by atoms with van der Waals surface area (Å²) in [6, 6.07) is 7.26. The monoisotopic (exact) mass is 412 g/mol. The molecule has 1 aromatic carbocycles. The average molecular weight is 413 g/mol. The topological polar surface area (TPSA) is 82.6 Å². The first-order valence-corrected chi connectivity index (χ1v) is 10.7. The number of benzene rings is 1. The Morgan fingerprint density at radius 2 is 2.10 bits per heavy atom. The average Bonchev–Trinajstić information content (AvgIpc) is 3.26. The Hall–Kier alpha value is -2.74. The molecule has 29 heavy (non-hydrogen) atoms. The van der Waals surface area contributed by atoms with E-state index in [-0.39, 0.29) is 17.7 Å². The molecular formula is C21H24N4O3S. The number of fused-ring (bicyclic) bond motifs is 3. The van der Waals surface area contributed by atoms with Gasteiger partial charge < -0.3 is 10.2 Å². The third-order valence-electron chi connectivity index (χ3n) is 5.63. The zero-order chi connectivity index (χ0) is 20.6. The fourth-order valence-electron chi connectivity index (χ4n) is 4.19. The maximum atomic E-state index is 13.1. The SMILES string of the molecule is Cc1csc(CNC(=O)CCCN2C(=O)c3ccccc3N3C(=O)CCC23C)n1. The standard InChI is InChI=1S/C21H24N4O3S/c1-14-13-29-18(23-14)12-22-17(26)8-5-11-24-20(28)15-6-3-4-7-16(15)25-19(27)9-10-21(24,25)2/h3-4,6-7,13H,5,8-12H2,1-2H3,(H,22,26). The summed E-state index contributed by atoms with van der Waals surface area (Å²) in [5.74, 6) is -0.103. The van der Waals surface area contributed by atoms with Crippen molar-refractivity contribution in [3.63, 3.8) is 0 Å². The molecule has 2 aromatic rings. The summed E-state index contributed by atoms with van der Waals surface area (Å²) < 4.78 is 0. The number of nitrogens with zero attached hydrogens (tertiary/aromatic N) is 3. The Balaban J connectivity index is 1.41. The number of rotatable bonds is 6. The van der Waals surface area contributed by atoms with Crippen LogP contribution in [0.4, 0.5) is 5.69 Å². The van der Waals surface area contributed by atoms with E-state index in [2.05, 4.69) is 10.3 Å². The van der Waals surface area contributed by atoms with Crippen molar-refractivity contribution >= 4 is 34.7 Å². The molecule has 1 unspecified atom stereocenters. The predicted octanol–water partition coefficient (Wildman–Crippen LogP) is 2.85. The molecule has 1 saturated heterocycles. The molecule has 0 aliphatic carbocycles. The summed E-state index contributed by atoms with van der Waals surface area (Å²) in [5.41, 5.74) is 1.52. The van der Waals surface area contributed by atoms with Crippen molar-refractivity contribution in [2.75, 3.05) is 11.4 Å². The van der Waals surface area contributed by atoms with Gasteiger partial charge in [0.1, 0.15) is 10.7 Å². The van der Waals surface area contributed by atoms with E-state index in [1.165, 1.54) is 11.3 Å². The Bertz CT molecular complexity index is 972. The molecule has 1 atom stereocenters. The van der Waals surface area contributed by atoms with E-state index in [9.17, 15) is 14.4 Å². The van der Waals surface area contributed by atoms with Gasteiger partial charge in [0.15, 0.2) is 0 Å². The summed E-state index contributed by atoms with van der Waals surface area (Å²) in [6.45, 7) is 4.72. The van der Waals surface area contributed by atoms with Crippen LogP contribution in [0, 0.1) is 6.92 Å². The number of thiazole rings is 1. The van der Waals surface area contributed by atoms with Gasteiger partial charge in [-0.05, 0) is 38.8 Å². The van der Waals surface area contributed by atoms with Crippen LogP contribution in [0.15, 0.2) is 29.6 Å². The molecule has 8 heteroatoms. The highest BCUT2D eigenvalue weighted by Crippen LogP contribution is 2.43. The number of aromatic nitrogens is 1. The van der Waals surface area contributed by atoms with Crippen molar-refractivity contribution in [3.05, 3.63) is 45.9 Å². The minimum Gasteiger partial charge on any atom is -0.350 e. The van der Waals surface area contributed by atoms with E-state index >= 15 is 0 Å². The fraction of sp³-hybridized carbons (Fsp3) is 0.429. The number of amides is 3. The van der Waals surface area contributed by atoms with Crippen LogP contribution >= 0.6 is 11.3 Å². The second-order valence-electron chi connectivity index (χ2n) is 7.68. The van der Waals surface area contributed by atoms with Crippen molar-refractivity contribution < 1.29 is 14.4 Å². The Morgan fingerprint density at radius 3 is 2.86 bits per heavy atom. The normalized spacial score (nSPS) is 20.6. The van der Waals surface area contributed by atoms with Crippen LogP contribution in [0.25, 0.3) is 0 Å². The van der Waals surface area contributed by atoms with Crippen molar-refractivity contribution in [2.45, 2.75) is 51.7 Å². The molecule has 1 N–H and O–H groups in total. The van der Waals surface area contributed by atoms with Gasteiger partial charge in [-0.1, -0.05) is 12.1 Å². The zero-order valence-corrected chi connectivity index (χ0v) is 17.4. The van der Waals surface area contributed by atoms with E-state index in [0.29, 0.717) is 50.0 Å². The predicted molar refractivity (Wildman–Crippen MR) is 111 cm³/mol. The van der Waals surface area contributed by atoms with Gasteiger partial charge in [0, 0.05) is 30.5 Å². The van der Waals surface area contributed by atoms with Crippen LogP contribution in [0.2, 0.25) is 0 Å². The molecule has 4 rings (SSSR count). The summed E-state index contributed by atoms with van der Waals surface area (Å²) >= 11 is 1.53.